The van der Waals surface area contributed by atoms with E-state index in [-0.39, 0.29) is 17.0 Å². The summed E-state index contributed by atoms with van der Waals surface area (Å²) in [7, 11) is -3.12. The van der Waals surface area contributed by atoms with E-state index in [9.17, 15) is 17.6 Å². The molecule has 3 rings (SSSR count). The third-order valence-corrected chi connectivity index (χ3v) is 7.39. The first-order chi connectivity index (χ1) is 10.4. The molecule has 2 unspecified atom stereocenters. The van der Waals surface area contributed by atoms with Crippen molar-refractivity contribution in [2.75, 3.05) is 0 Å². The van der Waals surface area contributed by atoms with Gasteiger partial charge in [-0.15, -0.1) is 0 Å². The van der Waals surface area contributed by atoms with Crippen LogP contribution in [-0.2, 0) is 9.84 Å². The molecule has 1 aromatic heterocycles. The fourth-order valence-corrected chi connectivity index (χ4v) is 6.05. The van der Waals surface area contributed by atoms with Crippen LogP contribution in [0.15, 0.2) is 12.3 Å². The summed E-state index contributed by atoms with van der Waals surface area (Å²) in [4.78, 5) is 16.1. The molecular weight excluding hydrogens is 307 g/mol. The third kappa shape index (κ3) is 2.41. The number of sulfone groups is 1. The topological polar surface area (TPSA) is 87.9 Å². The lowest BCUT2D eigenvalue weighted by Gasteiger charge is -2.38. The second-order valence-electron chi connectivity index (χ2n) is 5.96. The number of rotatable bonds is 2. The number of hydrogen-bond acceptors (Lipinski definition) is 5. The Morgan fingerprint density at radius 2 is 1.95 bits per heavy atom. The van der Waals surface area contributed by atoms with Gasteiger partial charge in [-0.2, -0.15) is 5.26 Å². The number of fused-ring (bicyclic) bond motifs is 2. The number of Topliss-reactive ketones (excluding diaryl/α,β-unsaturated/α-hetero) is 1. The summed E-state index contributed by atoms with van der Waals surface area (Å²) in [6.45, 7) is 0. The van der Waals surface area contributed by atoms with Gasteiger partial charge in [-0.3, -0.25) is 4.79 Å². The summed E-state index contributed by atoms with van der Waals surface area (Å²) in [5, 5.41) is 7.75. The third-order valence-electron chi connectivity index (χ3n) is 4.68. The Labute approximate surface area is 128 Å². The maximum absolute atomic E-state index is 13.6. The Bertz CT molecular complexity index is 749. The Kier molecular flexibility index (Phi) is 3.73. The fraction of sp³-hybridized carbons (Fsp3) is 0.533. The van der Waals surface area contributed by atoms with Gasteiger partial charge >= 0.3 is 0 Å². The van der Waals surface area contributed by atoms with Gasteiger partial charge in [0.25, 0.3) is 0 Å². The highest BCUT2D eigenvalue weighted by Gasteiger charge is 2.46. The summed E-state index contributed by atoms with van der Waals surface area (Å²) in [6, 6.07) is 2.63. The quantitative estimate of drug-likeness (QED) is 0.777. The molecule has 0 radical (unpaired) electrons. The normalized spacial score (nSPS) is 29.5. The van der Waals surface area contributed by atoms with Gasteiger partial charge in [0, 0.05) is 17.7 Å². The molecule has 0 saturated carbocycles. The molecule has 0 spiro atoms. The van der Waals surface area contributed by atoms with Crippen molar-refractivity contribution in [3.8, 4) is 6.07 Å². The van der Waals surface area contributed by atoms with Gasteiger partial charge in [0.1, 0.15) is 6.07 Å². The minimum Gasteiger partial charge on any atom is -0.294 e. The van der Waals surface area contributed by atoms with Crippen molar-refractivity contribution in [1.82, 2.24) is 4.98 Å². The molecule has 0 N–H and O–H groups in total. The molecule has 7 heteroatoms. The molecule has 116 valence electrons. The first-order valence-corrected chi connectivity index (χ1v) is 8.87. The van der Waals surface area contributed by atoms with Crippen LogP contribution >= 0.6 is 0 Å². The molecule has 1 aromatic rings. The van der Waals surface area contributed by atoms with Crippen molar-refractivity contribution in [1.29, 1.82) is 5.26 Å². The maximum atomic E-state index is 13.6. The molecule has 2 fully saturated rings. The number of nitrogens with zero attached hydrogens (tertiary/aromatic N) is 2. The minimum absolute atomic E-state index is 0.110. The van der Waals surface area contributed by atoms with Gasteiger partial charge in [0.05, 0.1) is 10.5 Å². The molecule has 0 aliphatic carbocycles. The van der Waals surface area contributed by atoms with E-state index in [1.54, 1.807) is 6.07 Å². The van der Waals surface area contributed by atoms with E-state index in [4.69, 9.17) is 5.26 Å². The highest BCUT2D eigenvalue weighted by Crippen LogP contribution is 2.40. The molecule has 2 bridgehead atoms. The van der Waals surface area contributed by atoms with Gasteiger partial charge in [-0.05, 0) is 31.7 Å². The number of aromatic nitrogens is 1. The first-order valence-electron chi connectivity index (χ1n) is 7.26. The Morgan fingerprint density at radius 3 is 2.50 bits per heavy atom. The number of ketones is 1. The van der Waals surface area contributed by atoms with Crippen LogP contribution in [0.1, 0.15) is 48.2 Å². The van der Waals surface area contributed by atoms with Crippen molar-refractivity contribution in [3.63, 3.8) is 0 Å². The summed E-state index contributed by atoms with van der Waals surface area (Å²) in [5.41, 5.74) is -0.237. The Balaban J connectivity index is 1.85. The van der Waals surface area contributed by atoms with Gasteiger partial charge < -0.3 is 0 Å². The highest BCUT2D eigenvalue weighted by molar-refractivity contribution is 7.92. The predicted molar refractivity (Wildman–Crippen MR) is 76.3 cm³/mol. The first kappa shape index (κ1) is 15.1. The minimum atomic E-state index is -3.12. The van der Waals surface area contributed by atoms with E-state index >= 15 is 0 Å². The van der Waals surface area contributed by atoms with Crippen LogP contribution in [0.3, 0.4) is 0 Å². The number of pyridine rings is 1. The van der Waals surface area contributed by atoms with E-state index in [1.807, 2.05) is 0 Å². The molecule has 5 nitrogen and oxygen atoms in total. The van der Waals surface area contributed by atoms with Crippen LogP contribution in [0.5, 0.6) is 0 Å². The van der Waals surface area contributed by atoms with Gasteiger partial charge in [0.2, 0.25) is 0 Å². The fourth-order valence-electron chi connectivity index (χ4n) is 3.51. The molecule has 2 aliphatic rings. The molecule has 0 amide bonds. The molecule has 2 saturated heterocycles. The molecule has 3 heterocycles. The smallest absolute Gasteiger partial charge is 0.176 e. The number of halogens is 1. The van der Waals surface area contributed by atoms with E-state index in [0.717, 1.165) is 12.5 Å². The second kappa shape index (κ2) is 5.43. The monoisotopic (exact) mass is 322 g/mol. The van der Waals surface area contributed by atoms with Gasteiger partial charge in [0.15, 0.2) is 27.1 Å². The van der Waals surface area contributed by atoms with Crippen molar-refractivity contribution < 1.29 is 17.6 Å². The molecule has 22 heavy (non-hydrogen) atoms. The number of nitriles is 1. The molecule has 2 atom stereocenters. The van der Waals surface area contributed by atoms with Gasteiger partial charge in [-0.1, -0.05) is 6.42 Å². The number of carbonyl (C=O) groups excluding carboxylic acids is 1. The van der Waals surface area contributed by atoms with Crippen LogP contribution in [-0.4, -0.2) is 29.7 Å². The standard InChI is InChI=1S/C15H15FN2O3S/c16-13-6-10(8-18-14(13)7-17)15(19)9-4-11-2-1-3-12(5-9)22(11,20)21/h6,8-9,11-12H,1-5H2. The van der Waals surface area contributed by atoms with Gasteiger partial charge in [-0.25, -0.2) is 17.8 Å². The zero-order valence-electron chi connectivity index (χ0n) is 11.8. The SMILES string of the molecule is N#Cc1ncc(C(=O)C2CC3CCCC(C2)S3(=O)=O)cc1F. The highest BCUT2D eigenvalue weighted by atomic mass is 32.2. The Hall–Kier alpha value is -1.81. The van der Waals surface area contributed by atoms with E-state index in [2.05, 4.69) is 4.98 Å². The van der Waals surface area contributed by atoms with E-state index < -0.39 is 32.1 Å². The number of hydrogen-bond donors (Lipinski definition) is 0. The second-order valence-corrected chi connectivity index (χ2v) is 8.47. The summed E-state index contributed by atoms with van der Waals surface area (Å²) < 4.78 is 38.0. The summed E-state index contributed by atoms with van der Waals surface area (Å²) >= 11 is 0. The van der Waals surface area contributed by atoms with Crippen LogP contribution in [0, 0.1) is 23.1 Å². The molecular formula is C15H15FN2O3S. The molecule has 2 aliphatic heterocycles. The maximum Gasteiger partial charge on any atom is 0.176 e. The van der Waals surface area contributed by atoms with E-state index in [1.165, 1.54) is 6.20 Å². The predicted octanol–water partition coefficient (Wildman–Crippen LogP) is 2.02. The van der Waals surface area contributed by atoms with E-state index in [0.29, 0.717) is 25.7 Å². The number of carbonyl (C=O) groups is 1. The van der Waals surface area contributed by atoms with Crippen molar-refractivity contribution in [2.24, 2.45) is 5.92 Å². The lowest BCUT2D eigenvalue weighted by molar-refractivity contribution is 0.0893. The van der Waals surface area contributed by atoms with Crippen molar-refractivity contribution in [2.45, 2.75) is 42.6 Å². The van der Waals surface area contributed by atoms with Crippen LogP contribution < -0.4 is 0 Å². The summed E-state index contributed by atoms with van der Waals surface area (Å²) in [5.74, 6) is -1.51. The Morgan fingerprint density at radius 1 is 1.32 bits per heavy atom. The van der Waals surface area contributed by atoms with Crippen LogP contribution in [0.4, 0.5) is 4.39 Å². The largest absolute Gasteiger partial charge is 0.294 e. The van der Waals surface area contributed by atoms with Crippen LogP contribution in [0.2, 0.25) is 0 Å². The summed E-state index contributed by atoms with van der Waals surface area (Å²) in [6.07, 6.45) is 3.88. The van der Waals surface area contributed by atoms with Crippen LogP contribution in [0.25, 0.3) is 0 Å². The zero-order valence-corrected chi connectivity index (χ0v) is 12.6. The average Bonchev–Trinajstić information content (AvgIpc) is 2.45. The molecule has 0 aromatic carbocycles. The van der Waals surface area contributed by atoms with Crippen molar-refractivity contribution in [3.05, 3.63) is 29.3 Å². The lowest BCUT2D eigenvalue weighted by Crippen LogP contribution is -2.45. The zero-order chi connectivity index (χ0) is 15.9. The average molecular weight is 322 g/mol. The lowest BCUT2D eigenvalue weighted by atomic mass is 9.84. The van der Waals surface area contributed by atoms with Crippen molar-refractivity contribution >= 4 is 15.6 Å².